The first kappa shape index (κ1) is 26.8. The van der Waals surface area contributed by atoms with Crippen molar-refractivity contribution in [2.45, 2.75) is 0 Å². The Morgan fingerprint density at radius 2 is 1.95 bits per heavy atom. The maximum atomic E-state index is 12.5. The Morgan fingerprint density at radius 3 is 2.70 bits per heavy atom. The fraction of sp³-hybridized carbons (Fsp3) is 0.250. The number of β-amino-alcohol motifs (C(OH)–C–C–N with tert-alkyl or cyclic N) is 1. The first-order valence-corrected chi connectivity index (χ1v) is 12.8. The normalized spacial score (nSPS) is 13.7. The van der Waals surface area contributed by atoms with Gasteiger partial charge in [0.15, 0.2) is 5.65 Å². The summed E-state index contributed by atoms with van der Waals surface area (Å²) in [5, 5.41) is 15.4. The number of anilines is 4. The second-order valence-electron chi connectivity index (χ2n) is 9.16. The second-order valence-corrected chi connectivity index (χ2v) is 9.16. The van der Waals surface area contributed by atoms with Crippen LogP contribution in [0.25, 0.3) is 16.7 Å². The highest BCUT2D eigenvalue weighted by molar-refractivity contribution is 5.99. The van der Waals surface area contributed by atoms with Crippen LogP contribution in [0, 0.1) is 0 Å². The molecule has 2 aromatic heterocycles. The fourth-order valence-corrected chi connectivity index (χ4v) is 4.62. The molecule has 40 heavy (non-hydrogen) atoms. The molecule has 5 rings (SSSR count). The summed E-state index contributed by atoms with van der Waals surface area (Å²) in [5.41, 5.74) is 2.82. The molecule has 0 unspecified atom stereocenters. The van der Waals surface area contributed by atoms with Gasteiger partial charge in [0, 0.05) is 56.4 Å². The van der Waals surface area contributed by atoms with E-state index in [1.807, 2.05) is 24.3 Å². The van der Waals surface area contributed by atoms with Crippen LogP contribution < -0.4 is 25.8 Å². The molecule has 0 spiro atoms. The number of benzene rings is 2. The summed E-state index contributed by atoms with van der Waals surface area (Å²) < 4.78 is 7.36. The molecule has 1 aliphatic rings. The van der Waals surface area contributed by atoms with E-state index in [1.165, 1.54) is 18.6 Å². The molecular formula is C28H30N8O4. The molecule has 1 aliphatic heterocycles. The predicted molar refractivity (Wildman–Crippen MR) is 154 cm³/mol. The molecule has 1 fully saturated rings. The lowest BCUT2D eigenvalue weighted by atomic mass is 10.2. The van der Waals surface area contributed by atoms with Crippen LogP contribution >= 0.6 is 0 Å². The molecule has 206 valence electrons. The quantitative estimate of drug-likeness (QED) is 0.270. The first-order chi connectivity index (χ1) is 19.5. The van der Waals surface area contributed by atoms with Gasteiger partial charge in [-0.2, -0.15) is 9.97 Å². The third-order valence-corrected chi connectivity index (χ3v) is 6.66. The van der Waals surface area contributed by atoms with Crippen molar-refractivity contribution in [3.05, 3.63) is 78.0 Å². The Kier molecular flexibility index (Phi) is 7.99. The molecule has 0 saturated carbocycles. The summed E-state index contributed by atoms with van der Waals surface area (Å²) in [5.74, 6) is 0.663. The summed E-state index contributed by atoms with van der Waals surface area (Å²) in [6, 6.07) is 12.9. The lowest BCUT2D eigenvalue weighted by molar-refractivity contribution is -0.111. The van der Waals surface area contributed by atoms with Gasteiger partial charge in [-0.1, -0.05) is 12.6 Å². The number of fused-ring (bicyclic) bond motifs is 1. The minimum atomic E-state index is -0.445. The zero-order chi connectivity index (χ0) is 28.1. The van der Waals surface area contributed by atoms with Crippen LogP contribution in [0.2, 0.25) is 0 Å². The molecule has 0 aliphatic carbocycles. The van der Waals surface area contributed by atoms with Gasteiger partial charge in [0.25, 0.3) is 5.56 Å². The zero-order valence-corrected chi connectivity index (χ0v) is 22.1. The summed E-state index contributed by atoms with van der Waals surface area (Å²) in [6.45, 7) is 7.72. The van der Waals surface area contributed by atoms with Crippen molar-refractivity contribution in [2.75, 3.05) is 62.0 Å². The highest BCUT2D eigenvalue weighted by atomic mass is 16.5. The smallest absolute Gasteiger partial charge is 0.283 e. The topological polar surface area (TPSA) is 138 Å². The lowest BCUT2D eigenvalue weighted by Crippen LogP contribution is -2.47. The summed E-state index contributed by atoms with van der Waals surface area (Å²) in [7, 11) is 1.63. The molecule has 12 heteroatoms. The number of nitrogens with one attached hydrogen (secondary N) is 2. The van der Waals surface area contributed by atoms with E-state index in [2.05, 4.69) is 42.0 Å². The van der Waals surface area contributed by atoms with E-state index in [1.54, 1.807) is 29.9 Å². The fourth-order valence-electron chi connectivity index (χ4n) is 4.62. The number of carbonyl (C=O) groups excluding carboxylic acids is 1. The summed E-state index contributed by atoms with van der Waals surface area (Å²) in [4.78, 5) is 41.7. The lowest BCUT2D eigenvalue weighted by Gasteiger charge is -2.36. The molecule has 1 amide bonds. The molecule has 0 radical (unpaired) electrons. The van der Waals surface area contributed by atoms with E-state index in [9.17, 15) is 14.7 Å². The number of hydrogen-bond donors (Lipinski definition) is 3. The molecule has 2 aromatic carbocycles. The largest absolute Gasteiger partial charge is 0.495 e. The Balaban J connectivity index is 1.42. The number of rotatable bonds is 9. The van der Waals surface area contributed by atoms with Gasteiger partial charge < -0.3 is 25.4 Å². The van der Waals surface area contributed by atoms with Crippen molar-refractivity contribution in [1.29, 1.82) is 0 Å². The average molecular weight is 543 g/mol. The molecule has 1 saturated heterocycles. The van der Waals surface area contributed by atoms with Crippen LogP contribution in [0.3, 0.4) is 0 Å². The van der Waals surface area contributed by atoms with Gasteiger partial charge in [0.1, 0.15) is 17.5 Å². The molecule has 3 heterocycles. The van der Waals surface area contributed by atoms with Crippen molar-refractivity contribution in [3.63, 3.8) is 0 Å². The van der Waals surface area contributed by atoms with E-state index < -0.39 is 5.56 Å². The Labute approximate surface area is 230 Å². The Hall–Kier alpha value is -4.81. The number of aliphatic hydroxyl groups is 1. The van der Waals surface area contributed by atoms with Crippen molar-refractivity contribution in [2.24, 2.45) is 0 Å². The molecule has 0 atom stereocenters. The number of nitrogens with zero attached hydrogens (tertiary/aromatic N) is 6. The molecule has 0 bridgehead atoms. The number of methoxy groups -OCH3 is 1. The molecule has 4 aromatic rings. The van der Waals surface area contributed by atoms with Crippen LogP contribution in [0.4, 0.5) is 23.0 Å². The van der Waals surface area contributed by atoms with E-state index >= 15 is 0 Å². The van der Waals surface area contributed by atoms with Crippen LogP contribution in [-0.2, 0) is 4.79 Å². The number of aromatic nitrogens is 4. The summed E-state index contributed by atoms with van der Waals surface area (Å²) in [6.07, 6.45) is 4.03. The first-order valence-electron chi connectivity index (χ1n) is 12.8. The van der Waals surface area contributed by atoms with Crippen molar-refractivity contribution >= 4 is 40.0 Å². The van der Waals surface area contributed by atoms with E-state index in [4.69, 9.17) is 4.74 Å². The van der Waals surface area contributed by atoms with Gasteiger partial charge in [0.05, 0.1) is 25.1 Å². The van der Waals surface area contributed by atoms with Gasteiger partial charge in [0.2, 0.25) is 11.9 Å². The van der Waals surface area contributed by atoms with Gasteiger partial charge in [-0.25, -0.2) is 4.98 Å². The number of piperazine rings is 1. The van der Waals surface area contributed by atoms with Crippen LogP contribution in [0.1, 0.15) is 0 Å². The highest BCUT2D eigenvalue weighted by Crippen LogP contribution is 2.33. The van der Waals surface area contributed by atoms with Crippen LogP contribution in [0.15, 0.2) is 72.4 Å². The maximum absolute atomic E-state index is 12.5. The molecular weight excluding hydrogens is 512 g/mol. The van der Waals surface area contributed by atoms with Gasteiger partial charge in [-0.3, -0.25) is 19.1 Å². The summed E-state index contributed by atoms with van der Waals surface area (Å²) >= 11 is 0. The van der Waals surface area contributed by atoms with Crippen molar-refractivity contribution in [3.8, 4) is 11.4 Å². The van der Waals surface area contributed by atoms with Gasteiger partial charge in [-0.15, -0.1) is 0 Å². The third-order valence-electron chi connectivity index (χ3n) is 6.66. The van der Waals surface area contributed by atoms with Crippen LogP contribution in [-0.4, -0.2) is 81.9 Å². The maximum Gasteiger partial charge on any atom is 0.283 e. The number of amides is 1. The van der Waals surface area contributed by atoms with Crippen molar-refractivity contribution < 1.29 is 14.6 Å². The third kappa shape index (κ3) is 5.77. The number of carbonyl (C=O) groups is 1. The predicted octanol–water partition coefficient (Wildman–Crippen LogP) is 2.17. The SMILES string of the molecule is C=CC(=O)Nc1cccc(-n2cnc(=O)c3cnc(Nc4ccc(N5CCN(CCO)CC5)c(OC)c4)nc32)c1. The zero-order valence-electron chi connectivity index (χ0n) is 22.1. The monoisotopic (exact) mass is 542 g/mol. The minimum Gasteiger partial charge on any atom is -0.495 e. The number of aliphatic hydroxyl groups excluding tert-OH is 1. The standard InChI is InChI=1S/C28H30N8O4/c1-3-25(38)31-19-5-4-6-21(15-19)36-18-30-27(39)22-17-29-28(33-26(22)36)32-20-7-8-23(24(16-20)40-2)35-11-9-34(10-12-35)13-14-37/h3-8,15-18,37H,1,9-14H2,2H3,(H,31,38)(H,29,32,33). The second kappa shape index (κ2) is 11.9. The van der Waals surface area contributed by atoms with E-state index in [0.29, 0.717) is 29.3 Å². The van der Waals surface area contributed by atoms with Crippen molar-refractivity contribution in [1.82, 2.24) is 24.4 Å². The average Bonchev–Trinajstić information content (AvgIpc) is 2.98. The van der Waals surface area contributed by atoms with Gasteiger partial charge >= 0.3 is 0 Å². The molecule has 3 N–H and O–H groups in total. The number of ether oxygens (including phenoxy) is 1. The van der Waals surface area contributed by atoms with Gasteiger partial charge in [-0.05, 0) is 36.4 Å². The number of hydrogen-bond acceptors (Lipinski definition) is 10. The highest BCUT2D eigenvalue weighted by Gasteiger charge is 2.20. The van der Waals surface area contributed by atoms with E-state index in [-0.39, 0.29) is 23.8 Å². The Bertz CT molecular complexity index is 1600. The van der Waals surface area contributed by atoms with E-state index in [0.717, 1.165) is 37.6 Å². The van der Waals surface area contributed by atoms with Crippen LogP contribution in [0.5, 0.6) is 5.75 Å². The Morgan fingerprint density at radius 1 is 1.12 bits per heavy atom. The molecule has 12 nitrogen and oxygen atoms in total. The minimum absolute atomic E-state index is 0.160.